The van der Waals surface area contributed by atoms with Gasteiger partial charge in [-0.05, 0) is 14.8 Å². The SMILES string of the molecule is C.[PH3+]Cc1ccccc1. The lowest BCUT2D eigenvalue weighted by molar-refractivity contribution is 1.42. The Hall–Kier alpha value is -0.350. The molecule has 1 atom stereocenters. The van der Waals surface area contributed by atoms with Crippen LogP contribution in [0.15, 0.2) is 30.3 Å². The molecule has 0 saturated carbocycles. The van der Waals surface area contributed by atoms with E-state index < -0.39 is 0 Å². The Morgan fingerprint density at radius 3 is 2.00 bits per heavy atom. The van der Waals surface area contributed by atoms with Crippen molar-refractivity contribution in [3.05, 3.63) is 35.9 Å². The van der Waals surface area contributed by atoms with Gasteiger partial charge in [0.25, 0.3) is 0 Å². The summed E-state index contributed by atoms with van der Waals surface area (Å²) in [6.45, 7) is 0. The topological polar surface area (TPSA) is 0 Å². The van der Waals surface area contributed by atoms with Gasteiger partial charge in [-0.3, -0.25) is 0 Å². The van der Waals surface area contributed by atoms with Crippen LogP contribution in [0.4, 0.5) is 0 Å². The molecule has 0 fully saturated rings. The predicted octanol–water partition coefficient (Wildman–Crippen LogP) is 2.43. The highest BCUT2D eigenvalue weighted by atomic mass is 31.0. The van der Waals surface area contributed by atoms with E-state index in [9.17, 15) is 0 Å². The molecule has 0 heterocycles. The Labute approximate surface area is 59.5 Å². The van der Waals surface area contributed by atoms with Crippen molar-refractivity contribution in [3.63, 3.8) is 0 Å². The first-order chi connectivity index (χ1) is 3.93. The van der Waals surface area contributed by atoms with Gasteiger partial charge in [0.05, 0.1) is 6.16 Å². The molecule has 1 aromatic rings. The van der Waals surface area contributed by atoms with Crippen LogP contribution in [0.5, 0.6) is 0 Å². The summed E-state index contributed by atoms with van der Waals surface area (Å²) >= 11 is 0. The normalized spacial score (nSPS) is 8.44. The van der Waals surface area contributed by atoms with E-state index in [1.54, 1.807) is 0 Å². The van der Waals surface area contributed by atoms with Crippen molar-refractivity contribution in [1.82, 2.24) is 0 Å². The van der Waals surface area contributed by atoms with Crippen LogP contribution in [-0.4, -0.2) is 0 Å². The lowest BCUT2D eigenvalue weighted by Crippen LogP contribution is -1.70. The minimum absolute atomic E-state index is 0. The van der Waals surface area contributed by atoms with Crippen LogP contribution in [0.25, 0.3) is 0 Å². The second-order valence-corrected chi connectivity index (χ2v) is 2.24. The van der Waals surface area contributed by atoms with Gasteiger partial charge in [0.15, 0.2) is 0 Å². The highest BCUT2D eigenvalue weighted by Crippen LogP contribution is 2.02. The minimum atomic E-state index is 0. The molecular formula is C8H14P+. The predicted molar refractivity (Wildman–Crippen MR) is 48.0 cm³/mol. The van der Waals surface area contributed by atoms with Gasteiger partial charge >= 0.3 is 0 Å². The fourth-order valence-electron chi connectivity index (χ4n) is 0.645. The van der Waals surface area contributed by atoms with Gasteiger partial charge in [0.2, 0.25) is 0 Å². The van der Waals surface area contributed by atoms with Crippen LogP contribution < -0.4 is 0 Å². The quantitative estimate of drug-likeness (QED) is 0.527. The van der Waals surface area contributed by atoms with Crippen molar-refractivity contribution in [2.75, 3.05) is 0 Å². The van der Waals surface area contributed by atoms with Gasteiger partial charge < -0.3 is 0 Å². The molecule has 0 amide bonds. The molecule has 1 heteroatoms. The number of benzene rings is 1. The van der Waals surface area contributed by atoms with E-state index in [0.29, 0.717) is 0 Å². The van der Waals surface area contributed by atoms with Crippen molar-refractivity contribution in [2.24, 2.45) is 0 Å². The first-order valence-corrected chi connectivity index (χ1v) is 3.76. The lowest BCUT2D eigenvalue weighted by Gasteiger charge is -1.86. The van der Waals surface area contributed by atoms with E-state index in [2.05, 4.69) is 24.3 Å². The van der Waals surface area contributed by atoms with Gasteiger partial charge in [0, 0.05) is 0 Å². The second-order valence-electron chi connectivity index (χ2n) is 1.74. The van der Waals surface area contributed by atoms with Crippen molar-refractivity contribution >= 4 is 9.24 Å². The fourth-order valence-corrected chi connectivity index (χ4v) is 0.978. The van der Waals surface area contributed by atoms with E-state index in [1.165, 1.54) is 11.7 Å². The van der Waals surface area contributed by atoms with Crippen LogP contribution in [0, 0.1) is 0 Å². The highest BCUT2D eigenvalue weighted by molar-refractivity contribution is 7.15. The smallest absolute Gasteiger partial charge is 0.0774 e. The first-order valence-electron chi connectivity index (χ1n) is 2.76. The van der Waals surface area contributed by atoms with E-state index in [1.807, 2.05) is 15.3 Å². The summed E-state index contributed by atoms with van der Waals surface area (Å²) in [5, 5.41) is 0. The Kier molecular flexibility index (Phi) is 4.35. The average molecular weight is 141 g/mol. The van der Waals surface area contributed by atoms with Crippen molar-refractivity contribution in [1.29, 1.82) is 0 Å². The summed E-state index contributed by atoms with van der Waals surface area (Å²) in [4.78, 5) is 0. The fraction of sp³-hybridized carbons (Fsp3) is 0.250. The molecular weight excluding hydrogens is 127 g/mol. The number of hydrogen-bond donors (Lipinski definition) is 0. The molecule has 50 valence electrons. The Morgan fingerprint density at radius 2 is 1.67 bits per heavy atom. The average Bonchev–Trinajstić information content (AvgIpc) is 1.90. The van der Waals surface area contributed by atoms with Gasteiger partial charge in [0.1, 0.15) is 0 Å². The Balaban J connectivity index is 0.000000640. The van der Waals surface area contributed by atoms with E-state index in [-0.39, 0.29) is 7.43 Å². The molecule has 0 N–H and O–H groups in total. The van der Waals surface area contributed by atoms with Crippen LogP contribution in [0.1, 0.15) is 13.0 Å². The number of hydrogen-bond acceptors (Lipinski definition) is 0. The summed E-state index contributed by atoms with van der Waals surface area (Å²) < 4.78 is 0. The largest absolute Gasteiger partial charge is 0.0776 e. The van der Waals surface area contributed by atoms with Gasteiger partial charge in [-0.25, -0.2) is 0 Å². The maximum Gasteiger partial charge on any atom is 0.0774 e. The maximum absolute atomic E-state index is 2.15. The molecule has 1 rings (SSSR count). The number of rotatable bonds is 1. The van der Waals surface area contributed by atoms with E-state index >= 15 is 0 Å². The van der Waals surface area contributed by atoms with E-state index in [0.717, 1.165) is 0 Å². The standard InChI is InChI=1S/C7H9P.CH4/c8-6-7-4-2-1-3-5-7;/h1-5H,6,8H2;1H4/p+1. The molecule has 0 aliphatic rings. The molecule has 9 heavy (non-hydrogen) atoms. The van der Waals surface area contributed by atoms with Gasteiger partial charge in [-0.15, -0.1) is 0 Å². The Morgan fingerprint density at radius 1 is 1.11 bits per heavy atom. The third-order valence-corrected chi connectivity index (χ3v) is 1.71. The van der Waals surface area contributed by atoms with Crippen LogP contribution in [0.2, 0.25) is 0 Å². The monoisotopic (exact) mass is 141 g/mol. The molecule has 0 spiro atoms. The third kappa shape index (κ3) is 2.62. The summed E-state index contributed by atoms with van der Waals surface area (Å²) in [7, 11) is 1.98. The lowest BCUT2D eigenvalue weighted by atomic mass is 10.2. The first kappa shape index (κ1) is 8.65. The van der Waals surface area contributed by atoms with Crippen molar-refractivity contribution < 1.29 is 0 Å². The molecule has 0 aliphatic heterocycles. The van der Waals surface area contributed by atoms with Crippen molar-refractivity contribution in [3.8, 4) is 0 Å². The maximum atomic E-state index is 2.15. The zero-order valence-corrected chi connectivity index (χ0v) is 6.22. The molecule has 0 nitrogen and oxygen atoms in total. The van der Waals surface area contributed by atoms with Crippen LogP contribution >= 0.6 is 9.24 Å². The zero-order chi connectivity index (χ0) is 5.82. The van der Waals surface area contributed by atoms with Crippen LogP contribution in [-0.2, 0) is 6.16 Å². The van der Waals surface area contributed by atoms with Gasteiger partial charge in [-0.2, -0.15) is 0 Å². The molecule has 0 aromatic heterocycles. The van der Waals surface area contributed by atoms with Crippen LogP contribution in [0.3, 0.4) is 0 Å². The molecule has 0 radical (unpaired) electrons. The summed E-state index contributed by atoms with van der Waals surface area (Å²) in [5.74, 6) is 0. The van der Waals surface area contributed by atoms with Crippen molar-refractivity contribution in [2.45, 2.75) is 13.6 Å². The summed E-state index contributed by atoms with van der Waals surface area (Å²) in [6, 6.07) is 10.5. The Bertz CT molecular complexity index is 146. The van der Waals surface area contributed by atoms with E-state index in [4.69, 9.17) is 0 Å². The molecule has 1 aromatic carbocycles. The molecule has 0 aliphatic carbocycles. The minimum Gasteiger partial charge on any atom is -0.0776 e. The molecule has 0 saturated heterocycles. The van der Waals surface area contributed by atoms with Gasteiger partial charge in [-0.1, -0.05) is 37.8 Å². The second kappa shape index (κ2) is 4.52. The molecule has 1 unspecified atom stereocenters. The third-order valence-electron chi connectivity index (χ3n) is 1.13. The highest BCUT2D eigenvalue weighted by Gasteiger charge is 1.83. The summed E-state index contributed by atoms with van der Waals surface area (Å²) in [6.07, 6.45) is 1.17. The molecule has 0 bridgehead atoms. The summed E-state index contributed by atoms with van der Waals surface area (Å²) in [5.41, 5.74) is 1.42. The zero-order valence-electron chi connectivity index (χ0n) is 4.80.